The second-order valence-electron chi connectivity index (χ2n) is 6.15. The molecule has 0 aliphatic carbocycles. The molecule has 25 heavy (non-hydrogen) atoms. The van der Waals surface area contributed by atoms with Crippen molar-refractivity contribution in [2.24, 2.45) is 0 Å². The molecule has 0 fully saturated rings. The van der Waals surface area contributed by atoms with Crippen LogP contribution in [-0.4, -0.2) is 14.9 Å². The van der Waals surface area contributed by atoms with Crippen molar-refractivity contribution >= 4 is 5.78 Å². The minimum absolute atomic E-state index is 0.151. The first-order chi connectivity index (χ1) is 11.7. The number of nitriles is 1. The lowest BCUT2D eigenvalue weighted by atomic mass is 9.92. The van der Waals surface area contributed by atoms with Gasteiger partial charge < -0.3 is 0 Å². The van der Waals surface area contributed by atoms with Crippen molar-refractivity contribution in [3.8, 4) is 6.07 Å². The van der Waals surface area contributed by atoms with E-state index in [0.717, 1.165) is 26.8 Å². The second-order valence-corrected chi connectivity index (χ2v) is 6.15. The van der Waals surface area contributed by atoms with E-state index < -0.39 is 11.2 Å². The molecule has 0 unspecified atom stereocenters. The highest BCUT2D eigenvalue weighted by Crippen LogP contribution is 2.21. The van der Waals surface area contributed by atoms with E-state index in [1.54, 1.807) is 19.1 Å². The highest BCUT2D eigenvalue weighted by Gasteiger charge is 2.18. The molecule has 0 bridgehead atoms. The second kappa shape index (κ2) is 6.89. The topological polar surface area (TPSA) is 84.9 Å². The molecule has 1 aromatic heterocycles. The average molecular weight is 339 g/mol. The Kier molecular flexibility index (Phi) is 5.07. The van der Waals surface area contributed by atoms with Gasteiger partial charge in [0.25, 0.3) is 5.56 Å². The van der Waals surface area contributed by atoms with Gasteiger partial charge in [-0.3, -0.25) is 18.7 Å². The van der Waals surface area contributed by atoms with E-state index in [4.69, 9.17) is 5.26 Å². The molecule has 6 heteroatoms. The van der Waals surface area contributed by atoms with Crippen LogP contribution in [0.1, 0.15) is 45.1 Å². The fraction of sp³-hybridized carbons (Fsp3) is 0.368. The summed E-state index contributed by atoms with van der Waals surface area (Å²) in [6.07, 6.45) is 1.23. The van der Waals surface area contributed by atoms with Gasteiger partial charge in [0.15, 0.2) is 5.78 Å². The molecule has 2 aromatic rings. The third-order valence-electron chi connectivity index (χ3n) is 4.78. The van der Waals surface area contributed by atoms with Crippen molar-refractivity contribution in [1.29, 1.82) is 5.26 Å². The summed E-state index contributed by atoms with van der Waals surface area (Å²) in [5.74, 6) is -0.319. The number of benzene rings is 1. The molecule has 2 rings (SSSR count). The van der Waals surface area contributed by atoms with Crippen LogP contribution in [0.4, 0.5) is 0 Å². The molecule has 0 amide bonds. The monoisotopic (exact) mass is 339 g/mol. The summed E-state index contributed by atoms with van der Waals surface area (Å²) in [5.41, 5.74) is 2.99. The van der Waals surface area contributed by atoms with Gasteiger partial charge in [-0.15, -0.1) is 0 Å². The van der Waals surface area contributed by atoms with Crippen molar-refractivity contribution < 1.29 is 4.79 Å². The number of hydrogen-bond donors (Lipinski definition) is 0. The molecule has 0 spiro atoms. The molecule has 0 saturated heterocycles. The standard InChI is InChI=1S/C19H21N3O3/c1-6-21-9-15(8-20)18(24)22(19(21)25)10-17(23)16-7-11(2)12(3)13(4)14(16)5/h7,9H,6,10H2,1-5H3. The van der Waals surface area contributed by atoms with Crippen molar-refractivity contribution in [2.45, 2.75) is 47.7 Å². The minimum atomic E-state index is -0.733. The number of aromatic nitrogens is 2. The minimum Gasteiger partial charge on any atom is -0.299 e. The Hall–Kier alpha value is -2.94. The van der Waals surface area contributed by atoms with Gasteiger partial charge in [0.1, 0.15) is 11.6 Å². The SMILES string of the molecule is CCn1cc(C#N)c(=O)n(CC(=O)c2cc(C)c(C)c(C)c2C)c1=O. The molecule has 0 aliphatic heterocycles. The van der Waals surface area contributed by atoms with E-state index >= 15 is 0 Å². The number of nitrogens with zero attached hydrogens (tertiary/aromatic N) is 3. The number of carbonyl (C=O) groups is 1. The molecule has 1 heterocycles. The lowest BCUT2D eigenvalue weighted by molar-refractivity contribution is 0.0967. The molecular formula is C19H21N3O3. The zero-order valence-electron chi connectivity index (χ0n) is 15.1. The van der Waals surface area contributed by atoms with E-state index in [1.807, 2.05) is 27.7 Å². The first-order valence-electron chi connectivity index (χ1n) is 8.07. The van der Waals surface area contributed by atoms with Crippen LogP contribution in [-0.2, 0) is 13.1 Å². The zero-order valence-corrected chi connectivity index (χ0v) is 15.1. The summed E-state index contributed by atoms with van der Waals surface area (Å²) < 4.78 is 2.10. The highest BCUT2D eigenvalue weighted by molar-refractivity contribution is 5.98. The highest BCUT2D eigenvalue weighted by atomic mass is 16.2. The third-order valence-corrected chi connectivity index (χ3v) is 4.78. The molecule has 0 atom stereocenters. The molecule has 0 radical (unpaired) electrons. The molecule has 0 saturated carbocycles. The van der Waals surface area contributed by atoms with Crippen LogP contribution in [0, 0.1) is 39.0 Å². The van der Waals surface area contributed by atoms with E-state index in [2.05, 4.69) is 0 Å². The maximum Gasteiger partial charge on any atom is 0.331 e. The van der Waals surface area contributed by atoms with E-state index in [9.17, 15) is 14.4 Å². The Bertz CT molecular complexity index is 1020. The fourth-order valence-corrected chi connectivity index (χ4v) is 2.83. The third kappa shape index (κ3) is 3.18. The Morgan fingerprint density at radius 1 is 1.12 bits per heavy atom. The van der Waals surface area contributed by atoms with Gasteiger partial charge in [-0.25, -0.2) is 4.79 Å². The van der Waals surface area contributed by atoms with Gasteiger partial charge in [0.05, 0.1) is 6.54 Å². The smallest absolute Gasteiger partial charge is 0.299 e. The van der Waals surface area contributed by atoms with Gasteiger partial charge in [0.2, 0.25) is 0 Å². The van der Waals surface area contributed by atoms with Crippen LogP contribution in [0.25, 0.3) is 0 Å². The summed E-state index contributed by atoms with van der Waals surface area (Å²) >= 11 is 0. The van der Waals surface area contributed by atoms with Crippen LogP contribution in [0.2, 0.25) is 0 Å². The van der Waals surface area contributed by atoms with Crippen LogP contribution >= 0.6 is 0 Å². The predicted octanol–water partition coefficient (Wildman–Crippen LogP) is 2.02. The van der Waals surface area contributed by atoms with Crippen molar-refractivity contribution in [3.63, 3.8) is 0 Å². The van der Waals surface area contributed by atoms with Crippen LogP contribution < -0.4 is 11.2 Å². The molecule has 130 valence electrons. The van der Waals surface area contributed by atoms with Gasteiger partial charge in [0, 0.05) is 18.3 Å². The van der Waals surface area contributed by atoms with E-state index in [1.165, 1.54) is 10.8 Å². The van der Waals surface area contributed by atoms with E-state index in [0.29, 0.717) is 12.1 Å². The molecule has 0 N–H and O–H groups in total. The van der Waals surface area contributed by atoms with Crippen LogP contribution in [0.3, 0.4) is 0 Å². The van der Waals surface area contributed by atoms with Crippen LogP contribution in [0.15, 0.2) is 21.9 Å². The Morgan fingerprint density at radius 2 is 1.76 bits per heavy atom. The average Bonchev–Trinajstić information content (AvgIpc) is 2.60. The summed E-state index contributed by atoms with van der Waals surface area (Å²) in [7, 11) is 0. The van der Waals surface area contributed by atoms with Crippen molar-refractivity contribution in [2.75, 3.05) is 0 Å². The fourth-order valence-electron chi connectivity index (χ4n) is 2.83. The lowest BCUT2D eigenvalue weighted by Crippen LogP contribution is -2.42. The number of aryl methyl sites for hydroxylation is 2. The molecule has 1 aromatic carbocycles. The molecule has 6 nitrogen and oxygen atoms in total. The maximum atomic E-state index is 12.8. The maximum absolute atomic E-state index is 12.8. The summed E-state index contributed by atoms with van der Waals surface area (Å²) in [6.45, 7) is 9.38. The number of ketones is 1. The number of rotatable bonds is 4. The number of carbonyl (C=O) groups excluding carboxylic acids is 1. The largest absolute Gasteiger partial charge is 0.331 e. The predicted molar refractivity (Wildman–Crippen MR) is 95.1 cm³/mol. The zero-order chi connectivity index (χ0) is 18.9. The molecule has 0 aliphatic rings. The van der Waals surface area contributed by atoms with E-state index in [-0.39, 0.29) is 17.9 Å². The summed E-state index contributed by atoms with van der Waals surface area (Å²) in [6, 6.07) is 3.57. The van der Waals surface area contributed by atoms with Gasteiger partial charge in [-0.1, -0.05) is 0 Å². The Labute approximate surface area is 146 Å². The van der Waals surface area contributed by atoms with Crippen molar-refractivity contribution in [3.05, 3.63) is 66.5 Å². The molecular weight excluding hydrogens is 318 g/mol. The van der Waals surface area contributed by atoms with Crippen LogP contribution in [0.5, 0.6) is 0 Å². The van der Waals surface area contributed by atoms with Crippen molar-refractivity contribution in [1.82, 2.24) is 9.13 Å². The Balaban J connectivity index is 2.59. The first kappa shape index (κ1) is 18.4. The lowest BCUT2D eigenvalue weighted by Gasteiger charge is -2.14. The Morgan fingerprint density at radius 3 is 2.32 bits per heavy atom. The quantitative estimate of drug-likeness (QED) is 0.798. The number of hydrogen-bond acceptors (Lipinski definition) is 4. The number of Topliss-reactive ketones (excluding diaryl/α,β-unsaturated/α-hetero) is 1. The first-order valence-corrected chi connectivity index (χ1v) is 8.07. The van der Waals surface area contributed by atoms with Gasteiger partial charge >= 0.3 is 5.69 Å². The van der Waals surface area contributed by atoms with Gasteiger partial charge in [-0.05, 0) is 62.9 Å². The van der Waals surface area contributed by atoms with Gasteiger partial charge in [-0.2, -0.15) is 5.26 Å². The normalized spacial score (nSPS) is 10.6. The summed E-state index contributed by atoms with van der Waals surface area (Å²) in [5, 5.41) is 9.09. The summed E-state index contributed by atoms with van der Waals surface area (Å²) in [4.78, 5) is 37.5.